The van der Waals surface area contributed by atoms with E-state index in [0.29, 0.717) is 34.1 Å². The van der Waals surface area contributed by atoms with Gasteiger partial charge in [0, 0.05) is 59.2 Å². The zero-order valence-corrected chi connectivity index (χ0v) is 45.3. The highest BCUT2D eigenvalue weighted by Crippen LogP contribution is 2.48. The zero-order chi connectivity index (χ0) is 53.4. The van der Waals surface area contributed by atoms with Crippen LogP contribution in [0.3, 0.4) is 0 Å². The van der Waals surface area contributed by atoms with Crippen LogP contribution in [0.5, 0.6) is 11.5 Å². The number of alkyl halides is 1. The normalized spacial score (nSPS) is 14.4. The third-order valence-corrected chi connectivity index (χ3v) is 13.5. The molecule has 0 amide bonds. The monoisotopic (exact) mass is 1070 g/mol. The summed E-state index contributed by atoms with van der Waals surface area (Å²) in [5, 5.41) is 12.9. The summed E-state index contributed by atoms with van der Waals surface area (Å²) in [5.74, 6) is -1.54. The first-order chi connectivity index (χ1) is 34.5. The molecule has 1 N–H and O–H groups in total. The molecule has 2 fully saturated rings. The number of hydrogen-bond donors (Lipinski definition) is 1. The van der Waals surface area contributed by atoms with Crippen LogP contribution in [-0.2, 0) is 42.6 Å². The molecule has 0 spiro atoms. The Balaban J connectivity index is 0.000000208. The van der Waals surface area contributed by atoms with Gasteiger partial charge >= 0.3 is 23.9 Å². The number of benzene rings is 4. The van der Waals surface area contributed by atoms with Crippen molar-refractivity contribution in [1.82, 2.24) is 9.13 Å². The lowest BCUT2D eigenvalue weighted by molar-refractivity contribution is -0.157. The first-order valence-electron chi connectivity index (χ1n) is 24.9. The summed E-state index contributed by atoms with van der Waals surface area (Å²) in [6, 6.07) is 19.7. The number of phenols is 1. The van der Waals surface area contributed by atoms with Crippen molar-refractivity contribution in [1.29, 1.82) is 0 Å². The highest BCUT2D eigenvalue weighted by atomic mass is 79.9. The zero-order valence-electron chi connectivity index (χ0n) is 43.7. The number of carbonyl (C=O) groups excluding carboxylic acids is 4. The van der Waals surface area contributed by atoms with Crippen LogP contribution in [0.4, 0.5) is 8.78 Å². The van der Waals surface area contributed by atoms with Crippen molar-refractivity contribution in [3.63, 3.8) is 0 Å². The van der Waals surface area contributed by atoms with Gasteiger partial charge in [-0.1, -0.05) is 66.6 Å². The second kappa shape index (κ2) is 24.2. The average molecular weight is 1070 g/mol. The predicted octanol–water partition coefficient (Wildman–Crippen LogP) is 13.8. The van der Waals surface area contributed by atoms with Crippen LogP contribution in [0.25, 0.3) is 44.3 Å². The van der Waals surface area contributed by atoms with Crippen LogP contribution in [0.2, 0.25) is 0 Å². The number of ether oxygens (including phenoxy) is 5. The highest BCUT2D eigenvalue weighted by Gasteiger charge is 2.30. The van der Waals surface area contributed by atoms with E-state index in [9.17, 15) is 33.1 Å². The molecule has 392 valence electrons. The minimum atomic E-state index is -0.646. The van der Waals surface area contributed by atoms with E-state index in [-0.39, 0.29) is 41.0 Å². The second-order valence-electron chi connectivity index (χ2n) is 20.7. The molecule has 2 heterocycles. The number of hydrogen-bond acceptors (Lipinski definition) is 10. The van der Waals surface area contributed by atoms with E-state index in [0.717, 1.165) is 83.3 Å². The van der Waals surface area contributed by atoms with Crippen LogP contribution in [0, 0.1) is 11.6 Å². The van der Waals surface area contributed by atoms with Gasteiger partial charge in [0.25, 0.3) is 0 Å². The Morgan fingerprint density at radius 3 is 1.44 bits per heavy atom. The quantitative estimate of drug-likeness (QED) is 0.0799. The lowest BCUT2D eigenvalue weighted by atomic mass is 9.81. The molecule has 12 nitrogen and oxygen atoms in total. The van der Waals surface area contributed by atoms with Gasteiger partial charge in [0.05, 0.1) is 36.7 Å². The van der Waals surface area contributed by atoms with Crippen LogP contribution in [0.15, 0.2) is 72.8 Å². The Morgan fingerprint density at radius 2 is 1.03 bits per heavy atom. The number of carbonyl (C=O) groups is 4. The molecule has 0 atom stereocenters. The van der Waals surface area contributed by atoms with E-state index in [4.69, 9.17) is 23.7 Å². The molecule has 0 saturated heterocycles. The molecule has 73 heavy (non-hydrogen) atoms. The Hall–Kier alpha value is -6.22. The summed E-state index contributed by atoms with van der Waals surface area (Å²) in [6.07, 6.45) is 11.4. The Kier molecular flexibility index (Phi) is 18.6. The molecule has 6 aromatic rings. The Labute approximate surface area is 435 Å². The van der Waals surface area contributed by atoms with E-state index >= 15 is 0 Å². The van der Waals surface area contributed by atoms with Crippen molar-refractivity contribution in [2.24, 2.45) is 14.1 Å². The molecule has 8 rings (SSSR count). The molecule has 0 unspecified atom stereocenters. The third-order valence-electron chi connectivity index (χ3n) is 13.1. The number of phenolic OH excluding ortho intramolecular Hbond substituents is 1. The molecule has 2 saturated carbocycles. The van der Waals surface area contributed by atoms with Gasteiger partial charge in [-0.25, -0.2) is 23.2 Å². The molecule has 15 heteroatoms. The third kappa shape index (κ3) is 13.9. The van der Waals surface area contributed by atoms with Crippen LogP contribution < -0.4 is 4.74 Å². The number of rotatable bonds is 10. The van der Waals surface area contributed by atoms with Gasteiger partial charge in [-0.3, -0.25) is 4.79 Å². The number of methoxy groups -OCH3 is 2. The van der Waals surface area contributed by atoms with Gasteiger partial charge in [-0.2, -0.15) is 0 Å². The maximum atomic E-state index is 14.3. The molecular formula is C58H69BrF2N2O10. The van der Waals surface area contributed by atoms with Crippen LogP contribution in [0.1, 0.15) is 149 Å². The maximum absolute atomic E-state index is 14.3. The predicted molar refractivity (Wildman–Crippen MR) is 284 cm³/mol. The molecule has 0 radical (unpaired) electrons. The van der Waals surface area contributed by atoms with Crippen molar-refractivity contribution in [3.05, 3.63) is 107 Å². The molecule has 4 aromatic carbocycles. The van der Waals surface area contributed by atoms with Gasteiger partial charge in [-0.05, 0) is 139 Å². The van der Waals surface area contributed by atoms with Crippen LogP contribution in [-0.4, -0.2) is 75.5 Å². The van der Waals surface area contributed by atoms with Gasteiger partial charge in [0.1, 0.15) is 39.7 Å². The van der Waals surface area contributed by atoms with Gasteiger partial charge < -0.3 is 37.9 Å². The van der Waals surface area contributed by atoms with Gasteiger partial charge in [-0.15, -0.1) is 0 Å². The smallest absolute Gasteiger partial charge is 0.344 e. The fourth-order valence-electron chi connectivity index (χ4n) is 10.1. The van der Waals surface area contributed by atoms with Gasteiger partial charge in [0.15, 0.2) is 6.61 Å². The Morgan fingerprint density at radius 1 is 0.603 bits per heavy atom. The van der Waals surface area contributed by atoms with E-state index in [1.807, 2.05) is 68.3 Å². The number of esters is 4. The van der Waals surface area contributed by atoms with E-state index in [1.54, 1.807) is 45.0 Å². The lowest BCUT2D eigenvalue weighted by Crippen LogP contribution is -2.27. The molecular weight excluding hydrogens is 1000 g/mol. The number of halogens is 3. The fourth-order valence-corrected chi connectivity index (χ4v) is 10.2. The first-order valence-corrected chi connectivity index (χ1v) is 26.0. The second-order valence-corrected chi connectivity index (χ2v) is 21.2. The SMILES string of the molecule is CC(C)(C)OC(=O)CBr.COC(=O)c1ccc2c(C3CCCCC3)c(-c3ccc(F)cc3O)n(C)c2c1.COC(=O)c1ccc2c(C3CCCCC3)c(-c3ccc(F)cc3OCC(=O)OC(C)(C)C)n(C)c2c1. The number of aromatic nitrogens is 2. The molecule has 2 aliphatic rings. The standard InChI is InChI=1S/C29H34FNO5.C23H24FNO3.C6H11BrO2/c1-29(2,3)36-25(32)17-35-24-16-20(30)12-14-22(24)27-26(18-9-7-6-8-10-18)21-13-11-19(28(33)34-5)15-23(21)31(27)4;1-25-19-12-15(23(27)28-2)8-10-17(19)21(14-6-4-3-5-7-14)22(25)18-11-9-16(24)13-20(18)26;1-6(2,3)9-5(8)4-7/h11-16,18H,6-10,17H2,1-5H3;8-14,26H,3-7H2,1-2H3;4H2,1-3H3. The van der Waals surface area contributed by atoms with Gasteiger partial charge in [0.2, 0.25) is 0 Å². The topological polar surface area (TPSA) is 145 Å². The fraction of sp³-hybridized carbons (Fsp3) is 0.448. The number of aromatic hydroxyl groups is 1. The highest BCUT2D eigenvalue weighted by molar-refractivity contribution is 9.09. The van der Waals surface area contributed by atoms with Crippen molar-refractivity contribution in [2.45, 2.75) is 129 Å². The summed E-state index contributed by atoms with van der Waals surface area (Å²) in [4.78, 5) is 47.1. The van der Waals surface area contributed by atoms with Crippen molar-refractivity contribution in [3.8, 4) is 34.0 Å². The number of fused-ring (bicyclic) bond motifs is 2. The maximum Gasteiger partial charge on any atom is 0.344 e. The van der Waals surface area contributed by atoms with Crippen LogP contribution >= 0.6 is 15.9 Å². The van der Waals surface area contributed by atoms with E-state index < -0.39 is 29.2 Å². The first kappa shape index (κ1) is 56.1. The molecule has 2 aromatic heterocycles. The summed E-state index contributed by atoms with van der Waals surface area (Å²) < 4.78 is 57.9. The number of nitrogens with zero attached hydrogens (tertiary/aromatic N) is 2. The van der Waals surface area contributed by atoms with Crippen molar-refractivity contribution >= 4 is 61.6 Å². The average Bonchev–Trinajstić information content (AvgIpc) is 3.81. The summed E-state index contributed by atoms with van der Waals surface area (Å²) in [6.45, 7) is 10.5. The summed E-state index contributed by atoms with van der Waals surface area (Å²) >= 11 is 2.99. The largest absolute Gasteiger partial charge is 0.507 e. The lowest BCUT2D eigenvalue weighted by Gasteiger charge is -2.24. The van der Waals surface area contributed by atoms with E-state index in [1.165, 1.54) is 63.7 Å². The minimum absolute atomic E-state index is 0.0730. The number of aryl methyl sites for hydroxylation is 2. The molecule has 0 bridgehead atoms. The van der Waals surface area contributed by atoms with Crippen molar-refractivity contribution in [2.75, 3.05) is 26.2 Å². The van der Waals surface area contributed by atoms with E-state index in [2.05, 4.69) is 15.9 Å². The molecule has 0 aliphatic heterocycles. The Bertz CT molecular complexity index is 2950. The summed E-state index contributed by atoms with van der Waals surface area (Å²) in [7, 11) is 6.59. The molecule has 2 aliphatic carbocycles. The summed E-state index contributed by atoms with van der Waals surface area (Å²) in [5.41, 5.74) is 7.18. The van der Waals surface area contributed by atoms with Crippen molar-refractivity contribution < 1.29 is 56.7 Å². The minimum Gasteiger partial charge on any atom is -0.507 e.